The van der Waals surface area contributed by atoms with E-state index in [4.69, 9.17) is 4.98 Å². The molecule has 0 atom stereocenters. The van der Waals surface area contributed by atoms with Gasteiger partial charge in [-0.05, 0) is 166 Å². The first-order valence-electron chi connectivity index (χ1n) is 51.7. The van der Waals surface area contributed by atoms with Crippen molar-refractivity contribution in [3.8, 4) is 34.2 Å². The third kappa shape index (κ3) is 26.7. The lowest BCUT2D eigenvalue weighted by molar-refractivity contribution is -0.659. The van der Waals surface area contributed by atoms with Crippen molar-refractivity contribution in [3.05, 3.63) is 356 Å². The fraction of sp³-hybridized carbons (Fsp3) is 0.317. The molecule has 0 unspecified atom stereocenters. The predicted molar refractivity (Wildman–Crippen MR) is 610 cm³/mol. The molecule has 21 rings (SSSR count). The first kappa shape index (κ1) is 120. The Balaban J connectivity index is 0.000000542. The van der Waals surface area contributed by atoms with E-state index in [1.54, 1.807) is 0 Å². The van der Waals surface area contributed by atoms with Crippen molar-refractivity contribution < 1.29 is 22.8 Å². The fourth-order valence-electron chi connectivity index (χ4n) is 16.4. The van der Waals surface area contributed by atoms with Gasteiger partial charge in [0.2, 0.25) is 0 Å². The molecule has 0 fully saturated rings. The van der Waals surface area contributed by atoms with Crippen LogP contribution in [-0.4, -0.2) is 27.3 Å². The number of para-hydroxylation sites is 11. The first-order chi connectivity index (χ1) is 67.4. The molecule has 0 spiro atoms. The topological polar surface area (TPSA) is 55.4 Å². The van der Waals surface area contributed by atoms with E-state index in [2.05, 4.69) is 431 Å². The van der Waals surface area contributed by atoms with E-state index in [1.807, 2.05) is 220 Å². The summed E-state index contributed by atoms with van der Waals surface area (Å²) in [4.78, 5) is 4.70. The lowest BCUT2D eigenvalue weighted by Gasteiger charge is -2.06. The molecule has 11 nitrogen and oxygen atoms in total. The van der Waals surface area contributed by atoms with E-state index in [0.717, 1.165) is 5.52 Å². The zero-order valence-corrected chi connectivity index (χ0v) is 92.1. The van der Waals surface area contributed by atoms with Gasteiger partial charge in [0, 0.05) is 33.1 Å². The number of hydrogen-bond acceptors (Lipinski definition) is 1. The van der Waals surface area contributed by atoms with Crippen molar-refractivity contribution in [3.63, 3.8) is 0 Å². The summed E-state index contributed by atoms with van der Waals surface area (Å²) >= 11 is 0. The van der Waals surface area contributed by atoms with Crippen molar-refractivity contribution in [2.24, 2.45) is 35.2 Å². The third-order valence-corrected chi connectivity index (χ3v) is 21.5. The molecule has 0 aliphatic carbocycles. The molecule has 0 radical (unpaired) electrons. The molecule has 0 aliphatic heterocycles. The van der Waals surface area contributed by atoms with E-state index in [0.29, 0.717) is 0 Å². The predicted octanol–water partition coefficient (Wildman–Crippen LogP) is 34.9. The van der Waals surface area contributed by atoms with Crippen molar-refractivity contribution in [2.75, 3.05) is 0 Å². The molecule has 11 heteroatoms. The quantitative estimate of drug-likeness (QED) is 0.128. The number of hydrogen-bond donors (Lipinski definition) is 0. The van der Waals surface area contributed by atoms with Crippen LogP contribution in [0, 0.1) is 34.6 Å². The third-order valence-electron chi connectivity index (χ3n) is 21.5. The van der Waals surface area contributed by atoms with Gasteiger partial charge < -0.3 is 0 Å². The van der Waals surface area contributed by atoms with E-state index in [9.17, 15) is 0 Å². The largest absolute Gasteiger partial charge is 0.297 e. The highest BCUT2D eigenvalue weighted by molar-refractivity contribution is 6.15. The van der Waals surface area contributed by atoms with Crippen molar-refractivity contribution in [2.45, 2.75) is 242 Å². The molecule has 0 amide bonds. The van der Waals surface area contributed by atoms with Gasteiger partial charge in [-0.1, -0.05) is 402 Å². The molecule has 9 aromatic heterocycles. The molecule has 0 saturated heterocycles. The summed E-state index contributed by atoms with van der Waals surface area (Å²) in [5, 5.41) is 10.4. The molecule has 0 N–H and O–H groups in total. The average Bonchev–Trinajstić information content (AvgIpc) is 1.56. The van der Waals surface area contributed by atoms with Gasteiger partial charge in [0.15, 0.2) is 33.1 Å². The second-order valence-electron chi connectivity index (χ2n) is 28.0. The number of pyridine rings is 4. The van der Waals surface area contributed by atoms with Gasteiger partial charge in [-0.3, -0.25) is 4.98 Å². The zero-order valence-electron chi connectivity index (χ0n) is 92.1. The molecule has 9 heterocycles. The second-order valence-corrected chi connectivity index (χ2v) is 28.0. The summed E-state index contributed by atoms with van der Waals surface area (Å²) in [6.45, 7) is 70.9. The van der Waals surface area contributed by atoms with Gasteiger partial charge >= 0.3 is 0 Å². The number of nitrogens with zero attached hydrogens (tertiary/aromatic N) is 11. The van der Waals surface area contributed by atoms with E-state index in [-0.39, 0.29) is 0 Å². The zero-order chi connectivity index (χ0) is 103. The van der Waals surface area contributed by atoms with Crippen LogP contribution in [-0.2, 0) is 35.2 Å². The highest BCUT2D eigenvalue weighted by atomic mass is 15.2. The van der Waals surface area contributed by atoms with Crippen LogP contribution in [0.15, 0.2) is 328 Å². The number of benzene rings is 12. The number of aromatic nitrogens is 11. The molecule has 21 aromatic rings. The second kappa shape index (κ2) is 64.6. The SMILES string of the molecule is CC.CC.CC.CC.CC.CC.CC.CC.CC.CC.CC.CC.CC.CC.CC.Cc1cccc2c3ccccc3n3c4ccccc4[n+](C)c3c12.Cc1cccc2c3ccccc3n3cc[n+](C)c3c12.Cc1ccccc1-c1n(-c2ccccc2)c2ccccc2[n+]1C.Cc1ccccc1-c1n(-c2ccccc2)cc[n+]1C.Cc1ccnc2c3ccccc3n3c4ccccc4[n+](C)c3c12. The average molecular weight is 1840 g/mol. The molecular weight excluding hydrogens is 1670 g/mol. The van der Waals surface area contributed by atoms with Crippen LogP contribution in [0.2, 0.25) is 0 Å². The van der Waals surface area contributed by atoms with Gasteiger partial charge in [-0.15, -0.1) is 0 Å². The molecule has 0 aliphatic rings. The first-order valence-corrected chi connectivity index (χ1v) is 51.7. The summed E-state index contributed by atoms with van der Waals surface area (Å²) in [5.41, 5.74) is 27.3. The van der Waals surface area contributed by atoms with Crippen molar-refractivity contribution in [1.29, 1.82) is 0 Å². The van der Waals surface area contributed by atoms with Crippen molar-refractivity contribution in [1.82, 2.24) is 27.3 Å². The Labute approximate surface area is 827 Å². The Morgan fingerprint density at radius 1 is 0.226 bits per heavy atom. The van der Waals surface area contributed by atoms with E-state index in [1.165, 1.54) is 172 Å². The number of imidazole rings is 5. The van der Waals surface area contributed by atoms with Crippen LogP contribution >= 0.6 is 0 Å². The summed E-state index contributed by atoms with van der Waals surface area (Å²) < 4.78 is 22.9. The standard InChI is InChI=1S/C21H17N2.C21H19N2.C20H16N3.C17H15N2.C17H17N2.15C2H6/c1-14-8-7-10-16-15-9-3-4-11-17(15)23-19-13-6-5-12-18(19)22(2)21(23)20(14)16;1-16-10-6-7-13-18(16)21-22(2)19-14-8-9-15-20(19)23(21)17-11-4-3-5-12-17;1-13-11-12-21-19-14-7-3-4-8-15(14)23-17-10-6-5-9-16(17)22(2)20(23)18(13)19;1-12-6-5-8-14-13-7-3-4-9-15(13)19-11-10-18(2)17(19)16(12)14;1-14-8-6-7-11-16(14)17-18(2)12-13-19(17)15-9-4-3-5-10-15;15*1-2/h3-13H,1-2H3;3-15H,1-2H3;3-12H,1-2H3;3-11H,1-2H3;3-13H,1-2H3;15*1-2H3/q5*+1;;;;;;;;;;;;;;;. The maximum atomic E-state index is 4.70. The lowest BCUT2D eigenvalue weighted by atomic mass is 10.0. The number of rotatable bonds is 4. The monoisotopic (exact) mass is 1840 g/mol. The molecule has 728 valence electrons. The van der Waals surface area contributed by atoms with E-state index >= 15 is 0 Å². The van der Waals surface area contributed by atoms with Crippen LogP contribution in [0.3, 0.4) is 0 Å². The Bertz CT molecular complexity index is 6820. The minimum Gasteiger partial charge on any atom is -0.255 e. The van der Waals surface area contributed by atoms with Gasteiger partial charge in [-0.25, -0.2) is 22.8 Å². The Morgan fingerprint density at radius 3 is 0.993 bits per heavy atom. The smallest absolute Gasteiger partial charge is 0.255 e. The molecule has 12 aromatic carbocycles. The van der Waals surface area contributed by atoms with Crippen LogP contribution in [0.1, 0.15) is 236 Å². The minimum atomic E-state index is 1.08. The Morgan fingerprint density at radius 2 is 0.540 bits per heavy atom. The molecule has 137 heavy (non-hydrogen) atoms. The van der Waals surface area contributed by atoms with Gasteiger partial charge in [-0.2, -0.15) is 22.3 Å². The maximum absolute atomic E-state index is 4.70. The van der Waals surface area contributed by atoms with Crippen LogP contribution in [0.5, 0.6) is 0 Å². The van der Waals surface area contributed by atoms with Gasteiger partial charge in [0.25, 0.3) is 28.6 Å². The maximum Gasteiger partial charge on any atom is 0.297 e. The number of fused-ring (bicyclic) bond motifs is 23. The minimum absolute atomic E-state index is 1.08. The summed E-state index contributed by atoms with van der Waals surface area (Å²) in [6, 6.07) is 105. The van der Waals surface area contributed by atoms with Gasteiger partial charge in [0.05, 0.1) is 68.0 Å². The summed E-state index contributed by atoms with van der Waals surface area (Å²) in [5.74, 6) is 2.40. The van der Waals surface area contributed by atoms with Crippen LogP contribution in [0.4, 0.5) is 0 Å². The van der Waals surface area contributed by atoms with E-state index < -0.39 is 0 Å². The highest BCUT2D eigenvalue weighted by Gasteiger charge is 2.29. The Hall–Kier alpha value is -13.4. The summed E-state index contributed by atoms with van der Waals surface area (Å²) in [7, 11) is 10.6. The van der Waals surface area contributed by atoms with Crippen molar-refractivity contribution >= 4 is 115 Å². The normalized spacial score (nSPS) is 9.61. The van der Waals surface area contributed by atoms with Crippen LogP contribution < -0.4 is 22.8 Å². The number of aryl methyl sites for hydroxylation is 10. The Kier molecular flexibility index (Phi) is 56.4. The highest BCUT2D eigenvalue weighted by Crippen LogP contribution is 2.37. The molecular formula is C126H174N11+5. The summed E-state index contributed by atoms with van der Waals surface area (Å²) in [6.07, 6.45) is 10.4. The fourth-order valence-corrected chi connectivity index (χ4v) is 16.4. The molecule has 0 bridgehead atoms. The van der Waals surface area contributed by atoms with Gasteiger partial charge in [0.1, 0.15) is 52.7 Å². The molecule has 0 saturated carbocycles. The van der Waals surface area contributed by atoms with Crippen LogP contribution in [0.25, 0.3) is 149 Å². The lowest BCUT2D eigenvalue weighted by Crippen LogP contribution is -2.30.